The lowest BCUT2D eigenvalue weighted by atomic mass is 10.1. The number of nitrogens with one attached hydrogen (secondary N) is 1. The number of nitrogen functional groups attached to an aromatic ring is 1. The van der Waals surface area contributed by atoms with Gasteiger partial charge in [-0.3, -0.25) is 4.79 Å². The fourth-order valence-electron chi connectivity index (χ4n) is 2.10. The summed E-state index contributed by atoms with van der Waals surface area (Å²) in [5.74, 6) is -0.229. The third kappa shape index (κ3) is 4.03. The van der Waals surface area contributed by atoms with Crippen LogP contribution in [0.4, 0.5) is 5.13 Å². The molecule has 3 aromatic rings. The van der Waals surface area contributed by atoms with Crippen LogP contribution >= 0.6 is 34.5 Å². The first kappa shape index (κ1) is 16.7. The van der Waals surface area contributed by atoms with Gasteiger partial charge in [0, 0.05) is 10.6 Å². The normalized spacial score (nSPS) is 11.2. The summed E-state index contributed by atoms with van der Waals surface area (Å²) in [5, 5.41) is 5.43. The van der Waals surface area contributed by atoms with E-state index in [4.69, 9.17) is 28.9 Å². The highest BCUT2D eigenvalue weighted by atomic mass is 35.5. The number of benzene rings is 2. The predicted molar refractivity (Wildman–Crippen MR) is 99.9 cm³/mol. The van der Waals surface area contributed by atoms with Crippen molar-refractivity contribution in [3.8, 4) is 0 Å². The van der Waals surface area contributed by atoms with Gasteiger partial charge in [-0.05, 0) is 29.8 Å². The molecule has 24 heavy (non-hydrogen) atoms. The molecule has 1 aromatic heterocycles. The molecule has 1 amide bonds. The van der Waals surface area contributed by atoms with Crippen LogP contribution in [0.5, 0.6) is 0 Å². The lowest BCUT2D eigenvalue weighted by Crippen LogP contribution is -2.19. The van der Waals surface area contributed by atoms with Crippen molar-refractivity contribution in [3.63, 3.8) is 0 Å². The zero-order chi connectivity index (χ0) is 17.1. The minimum Gasteiger partial charge on any atom is -0.375 e. The van der Waals surface area contributed by atoms with E-state index in [0.29, 0.717) is 20.7 Å². The van der Waals surface area contributed by atoms with E-state index in [1.807, 2.05) is 18.2 Å². The molecule has 3 N–H and O–H groups in total. The molecule has 0 aliphatic carbocycles. The molecule has 0 aliphatic heterocycles. The summed E-state index contributed by atoms with van der Waals surface area (Å²) in [4.78, 5) is 16.1. The van der Waals surface area contributed by atoms with Gasteiger partial charge in [-0.25, -0.2) is 10.4 Å². The van der Waals surface area contributed by atoms with Crippen LogP contribution in [0, 0.1) is 0 Å². The van der Waals surface area contributed by atoms with Crippen LogP contribution in [0.3, 0.4) is 0 Å². The van der Waals surface area contributed by atoms with Crippen molar-refractivity contribution in [2.24, 2.45) is 5.10 Å². The topological polar surface area (TPSA) is 80.4 Å². The van der Waals surface area contributed by atoms with Gasteiger partial charge < -0.3 is 5.73 Å². The van der Waals surface area contributed by atoms with E-state index >= 15 is 0 Å². The van der Waals surface area contributed by atoms with Crippen molar-refractivity contribution >= 4 is 62.0 Å². The molecule has 0 spiro atoms. The molecule has 1 heterocycles. The van der Waals surface area contributed by atoms with Gasteiger partial charge in [-0.1, -0.05) is 46.7 Å². The summed E-state index contributed by atoms with van der Waals surface area (Å²) in [6, 6.07) is 10.6. The second kappa shape index (κ2) is 7.17. The molecule has 3 rings (SSSR count). The number of halogens is 2. The van der Waals surface area contributed by atoms with Gasteiger partial charge in [-0.15, -0.1) is 0 Å². The molecule has 0 aliphatic rings. The van der Waals surface area contributed by atoms with Gasteiger partial charge in [0.15, 0.2) is 5.13 Å². The van der Waals surface area contributed by atoms with E-state index in [0.717, 1.165) is 15.8 Å². The summed E-state index contributed by atoms with van der Waals surface area (Å²) in [5.41, 5.74) is 10.5. The van der Waals surface area contributed by atoms with Crippen molar-refractivity contribution in [3.05, 3.63) is 57.6 Å². The maximum Gasteiger partial charge on any atom is 0.244 e. The Bertz CT molecular complexity index is 939. The van der Waals surface area contributed by atoms with Gasteiger partial charge in [0.2, 0.25) is 5.91 Å². The Balaban J connectivity index is 1.63. The number of hydrogen-bond donors (Lipinski definition) is 2. The van der Waals surface area contributed by atoms with Crippen LogP contribution in [0.1, 0.15) is 11.1 Å². The van der Waals surface area contributed by atoms with Crippen LogP contribution in [-0.2, 0) is 11.2 Å². The molecule has 0 saturated heterocycles. The second-order valence-electron chi connectivity index (χ2n) is 4.99. The van der Waals surface area contributed by atoms with Crippen molar-refractivity contribution < 1.29 is 4.79 Å². The Kier molecular flexibility index (Phi) is 4.99. The standard InChI is InChI=1S/C16H12Cl2N4OS/c17-11-3-2-10(12(18)7-11)8-20-22-15(23)6-9-1-4-13-14(5-9)24-16(19)21-13/h1-5,7-8H,6H2,(H2,19,21)(H,22,23)/b20-8-. The third-order valence-electron chi connectivity index (χ3n) is 3.19. The number of hydrazone groups is 1. The molecule has 2 aromatic carbocycles. The number of carbonyl (C=O) groups excluding carboxylic acids is 1. The van der Waals surface area contributed by atoms with E-state index in [1.165, 1.54) is 17.6 Å². The Morgan fingerprint density at radius 2 is 2.12 bits per heavy atom. The summed E-state index contributed by atoms with van der Waals surface area (Å²) in [6.07, 6.45) is 1.68. The Hall–Kier alpha value is -2.15. The SMILES string of the molecule is Nc1nc2ccc(CC(=O)N/N=C\c3ccc(Cl)cc3Cl)cc2s1. The fraction of sp³-hybridized carbons (Fsp3) is 0.0625. The molecule has 0 unspecified atom stereocenters. The van der Waals surface area contributed by atoms with Gasteiger partial charge in [0.1, 0.15) is 0 Å². The Labute approximate surface area is 152 Å². The summed E-state index contributed by atoms with van der Waals surface area (Å²) in [7, 11) is 0. The molecule has 0 saturated carbocycles. The average Bonchev–Trinajstić information content (AvgIpc) is 2.89. The summed E-state index contributed by atoms with van der Waals surface area (Å²) < 4.78 is 0.953. The zero-order valence-electron chi connectivity index (χ0n) is 12.3. The van der Waals surface area contributed by atoms with Crippen LogP contribution in [0.25, 0.3) is 10.2 Å². The van der Waals surface area contributed by atoms with E-state index in [-0.39, 0.29) is 12.3 Å². The number of carbonyl (C=O) groups is 1. The number of thiazole rings is 1. The number of rotatable bonds is 4. The predicted octanol–water partition coefficient (Wildman–Crippen LogP) is 3.88. The highest BCUT2D eigenvalue weighted by Crippen LogP contribution is 2.24. The fourth-order valence-corrected chi connectivity index (χ4v) is 3.36. The first-order chi connectivity index (χ1) is 11.5. The first-order valence-electron chi connectivity index (χ1n) is 6.93. The number of aromatic nitrogens is 1. The van der Waals surface area contributed by atoms with Crippen molar-refractivity contribution in [2.75, 3.05) is 5.73 Å². The molecule has 0 bridgehead atoms. The van der Waals surface area contributed by atoms with Crippen molar-refractivity contribution in [2.45, 2.75) is 6.42 Å². The monoisotopic (exact) mass is 378 g/mol. The van der Waals surface area contributed by atoms with Crippen LogP contribution in [0.2, 0.25) is 10.0 Å². The quantitative estimate of drug-likeness (QED) is 0.533. The largest absolute Gasteiger partial charge is 0.375 e. The number of anilines is 1. The van der Waals surface area contributed by atoms with Crippen molar-refractivity contribution in [1.29, 1.82) is 0 Å². The van der Waals surface area contributed by atoms with E-state index in [2.05, 4.69) is 15.5 Å². The summed E-state index contributed by atoms with van der Waals surface area (Å²) in [6.45, 7) is 0. The molecule has 0 fully saturated rings. The Morgan fingerprint density at radius 3 is 2.92 bits per heavy atom. The molecule has 8 heteroatoms. The molecular weight excluding hydrogens is 367 g/mol. The van der Waals surface area contributed by atoms with Gasteiger partial charge in [0.05, 0.1) is 27.9 Å². The lowest BCUT2D eigenvalue weighted by molar-refractivity contribution is -0.120. The van der Waals surface area contributed by atoms with E-state index in [9.17, 15) is 4.79 Å². The maximum absolute atomic E-state index is 12.0. The number of hydrogen-bond acceptors (Lipinski definition) is 5. The van der Waals surface area contributed by atoms with E-state index < -0.39 is 0 Å². The van der Waals surface area contributed by atoms with E-state index in [1.54, 1.807) is 18.2 Å². The van der Waals surface area contributed by atoms with Crippen molar-refractivity contribution in [1.82, 2.24) is 10.4 Å². The van der Waals surface area contributed by atoms with Gasteiger partial charge in [0.25, 0.3) is 0 Å². The zero-order valence-corrected chi connectivity index (χ0v) is 14.6. The molecule has 122 valence electrons. The van der Waals surface area contributed by atoms with Gasteiger partial charge in [-0.2, -0.15) is 5.10 Å². The van der Waals surface area contributed by atoms with Crippen LogP contribution < -0.4 is 11.2 Å². The number of nitrogens with two attached hydrogens (primary N) is 1. The minimum absolute atomic E-state index is 0.208. The maximum atomic E-state index is 12.0. The smallest absolute Gasteiger partial charge is 0.244 e. The van der Waals surface area contributed by atoms with Crippen LogP contribution in [0.15, 0.2) is 41.5 Å². The average molecular weight is 379 g/mol. The number of fused-ring (bicyclic) bond motifs is 1. The second-order valence-corrected chi connectivity index (χ2v) is 6.90. The Morgan fingerprint density at radius 1 is 1.29 bits per heavy atom. The third-order valence-corrected chi connectivity index (χ3v) is 4.60. The van der Waals surface area contributed by atoms with Crippen LogP contribution in [-0.4, -0.2) is 17.1 Å². The number of nitrogens with zero attached hydrogens (tertiary/aromatic N) is 2. The highest BCUT2D eigenvalue weighted by molar-refractivity contribution is 7.22. The number of amides is 1. The molecule has 0 radical (unpaired) electrons. The molecule has 0 atom stereocenters. The lowest BCUT2D eigenvalue weighted by Gasteiger charge is -2.01. The molecular formula is C16H12Cl2N4OS. The highest BCUT2D eigenvalue weighted by Gasteiger charge is 2.06. The first-order valence-corrected chi connectivity index (χ1v) is 8.50. The van der Waals surface area contributed by atoms with Gasteiger partial charge >= 0.3 is 0 Å². The summed E-state index contributed by atoms with van der Waals surface area (Å²) >= 11 is 13.2. The molecule has 5 nitrogen and oxygen atoms in total. The minimum atomic E-state index is -0.229.